The van der Waals surface area contributed by atoms with Gasteiger partial charge in [-0.05, 0) is 54.8 Å². The molecule has 6 nitrogen and oxygen atoms in total. The van der Waals surface area contributed by atoms with Crippen molar-refractivity contribution in [1.82, 2.24) is 5.32 Å². The summed E-state index contributed by atoms with van der Waals surface area (Å²) < 4.78 is 0. The molecule has 0 radical (unpaired) electrons. The van der Waals surface area contributed by atoms with Gasteiger partial charge in [-0.15, -0.1) is 0 Å². The van der Waals surface area contributed by atoms with Crippen molar-refractivity contribution in [1.29, 1.82) is 0 Å². The number of carbonyl (C=O) groups excluding carboxylic acids is 3. The van der Waals surface area contributed by atoms with Crippen LogP contribution in [0.1, 0.15) is 53.0 Å². The molecule has 0 unspecified atom stereocenters. The molecule has 152 valence electrons. The average molecular weight is 414 g/mol. The molecule has 0 spiro atoms. The van der Waals surface area contributed by atoms with Gasteiger partial charge >= 0.3 is 0 Å². The van der Waals surface area contributed by atoms with Crippen molar-refractivity contribution in [2.75, 3.05) is 23.3 Å². The highest BCUT2D eigenvalue weighted by atomic mass is 35.5. The summed E-state index contributed by atoms with van der Waals surface area (Å²) in [6.07, 6.45) is 1.97. The van der Waals surface area contributed by atoms with E-state index in [9.17, 15) is 14.4 Å². The van der Waals surface area contributed by atoms with Crippen molar-refractivity contribution in [3.63, 3.8) is 0 Å². The SMILES string of the molecule is CCCNC(=O)c1ccc(Cl)cc1NC(=O)c1ccc2c(c1)CCN2C(=O)CC. The fraction of sp³-hybridized carbons (Fsp3) is 0.318. The third-order valence-electron chi connectivity index (χ3n) is 4.85. The Kier molecular flexibility index (Phi) is 6.54. The monoisotopic (exact) mass is 413 g/mol. The molecule has 0 aliphatic carbocycles. The second kappa shape index (κ2) is 9.09. The number of carbonyl (C=O) groups is 3. The third-order valence-corrected chi connectivity index (χ3v) is 5.09. The summed E-state index contributed by atoms with van der Waals surface area (Å²) in [6.45, 7) is 4.98. The molecule has 3 rings (SSSR count). The van der Waals surface area contributed by atoms with Crippen LogP contribution in [0, 0.1) is 0 Å². The highest BCUT2D eigenvalue weighted by Gasteiger charge is 2.24. The molecular weight excluding hydrogens is 390 g/mol. The second-order valence-electron chi connectivity index (χ2n) is 6.89. The summed E-state index contributed by atoms with van der Waals surface area (Å²) >= 11 is 6.07. The Morgan fingerprint density at radius 3 is 2.59 bits per heavy atom. The summed E-state index contributed by atoms with van der Waals surface area (Å²) in [4.78, 5) is 39.0. The number of rotatable bonds is 6. The van der Waals surface area contributed by atoms with E-state index >= 15 is 0 Å². The molecule has 2 N–H and O–H groups in total. The van der Waals surface area contributed by atoms with Crippen LogP contribution in [0.25, 0.3) is 0 Å². The molecule has 2 aromatic rings. The van der Waals surface area contributed by atoms with Gasteiger partial charge in [0.2, 0.25) is 5.91 Å². The summed E-state index contributed by atoms with van der Waals surface area (Å²) in [7, 11) is 0. The molecule has 0 saturated carbocycles. The van der Waals surface area contributed by atoms with Crippen LogP contribution in [0.4, 0.5) is 11.4 Å². The number of amides is 3. The minimum absolute atomic E-state index is 0.0719. The number of nitrogens with one attached hydrogen (secondary N) is 2. The molecule has 2 aromatic carbocycles. The quantitative estimate of drug-likeness (QED) is 0.750. The zero-order valence-electron chi connectivity index (χ0n) is 16.5. The number of benzene rings is 2. The fourth-order valence-electron chi connectivity index (χ4n) is 3.34. The predicted octanol–water partition coefficient (Wildman–Crippen LogP) is 4.03. The molecule has 7 heteroatoms. The van der Waals surface area contributed by atoms with Gasteiger partial charge in [-0.1, -0.05) is 25.4 Å². The molecular formula is C22H24ClN3O3. The minimum atomic E-state index is -0.333. The van der Waals surface area contributed by atoms with Crippen molar-refractivity contribution >= 4 is 40.7 Å². The first-order valence-corrected chi connectivity index (χ1v) is 10.1. The van der Waals surface area contributed by atoms with E-state index < -0.39 is 0 Å². The van der Waals surface area contributed by atoms with Crippen molar-refractivity contribution < 1.29 is 14.4 Å². The molecule has 29 heavy (non-hydrogen) atoms. The van der Waals surface area contributed by atoms with E-state index in [4.69, 9.17) is 11.6 Å². The van der Waals surface area contributed by atoms with Gasteiger partial charge in [0.25, 0.3) is 11.8 Å². The van der Waals surface area contributed by atoms with Crippen molar-refractivity contribution in [2.45, 2.75) is 33.1 Å². The lowest BCUT2D eigenvalue weighted by Crippen LogP contribution is -2.27. The summed E-state index contributed by atoms with van der Waals surface area (Å²) in [6, 6.07) is 10.1. The van der Waals surface area contributed by atoms with Gasteiger partial charge in [0.15, 0.2) is 0 Å². The van der Waals surface area contributed by atoms with E-state index in [1.807, 2.05) is 13.8 Å². The Hall–Kier alpha value is -2.86. The molecule has 1 aliphatic rings. The molecule has 1 aliphatic heterocycles. The lowest BCUT2D eigenvalue weighted by atomic mass is 10.1. The van der Waals surface area contributed by atoms with E-state index in [1.54, 1.807) is 41.3 Å². The maximum absolute atomic E-state index is 12.8. The normalized spacial score (nSPS) is 12.4. The van der Waals surface area contributed by atoms with Crippen molar-refractivity contribution in [3.8, 4) is 0 Å². The number of fused-ring (bicyclic) bond motifs is 1. The van der Waals surface area contributed by atoms with E-state index in [0.29, 0.717) is 47.8 Å². The molecule has 0 atom stereocenters. The topological polar surface area (TPSA) is 78.5 Å². The zero-order valence-corrected chi connectivity index (χ0v) is 17.3. The number of hydrogen-bond acceptors (Lipinski definition) is 3. The molecule has 0 fully saturated rings. The fourth-order valence-corrected chi connectivity index (χ4v) is 3.51. The van der Waals surface area contributed by atoms with Crippen molar-refractivity contribution in [2.24, 2.45) is 0 Å². The van der Waals surface area contributed by atoms with Crippen LogP contribution in [-0.4, -0.2) is 30.8 Å². The van der Waals surface area contributed by atoms with Crippen LogP contribution in [0.3, 0.4) is 0 Å². The van der Waals surface area contributed by atoms with Crippen LogP contribution in [0.2, 0.25) is 5.02 Å². The van der Waals surface area contributed by atoms with E-state index in [1.165, 1.54) is 0 Å². The van der Waals surface area contributed by atoms with Crippen LogP contribution in [0.5, 0.6) is 0 Å². The van der Waals surface area contributed by atoms with Crippen LogP contribution in [-0.2, 0) is 11.2 Å². The van der Waals surface area contributed by atoms with Crippen LogP contribution < -0.4 is 15.5 Å². The highest BCUT2D eigenvalue weighted by molar-refractivity contribution is 6.31. The van der Waals surface area contributed by atoms with Gasteiger partial charge in [0, 0.05) is 35.8 Å². The third kappa shape index (κ3) is 4.59. The molecule has 0 bridgehead atoms. The molecule has 1 heterocycles. The number of anilines is 2. The maximum Gasteiger partial charge on any atom is 0.255 e. The first-order chi connectivity index (χ1) is 13.9. The largest absolute Gasteiger partial charge is 0.352 e. The lowest BCUT2D eigenvalue weighted by Gasteiger charge is -2.16. The van der Waals surface area contributed by atoms with E-state index in [-0.39, 0.29) is 17.7 Å². The minimum Gasteiger partial charge on any atom is -0.352 e. The summed E-state index contributed by atoms with van der Waals surface area (Å²) in [5.74, 6) is -0.524. The molecule has 0 aromatic heterocycles. The van der Waals surface area contributed by atoms with Gasteiger partial charge in [-0.25, -0.2) is 0 Å². The van der Waals surface area contributed by atoms with Crippen LogP contribution >= 0.6 is 11.6 Å². The standard InChI is InChI=1S/C22H24ClN3O3/c1-3-10-24-22(29)17-7-6-16(23)13-18(17)25-21(28)15-5-8-19-14(12-15)9-11-26(19)20(27)4-2/h5-8,12-13H,3-4,9-11H2,1-2H3,(H,24,29)(H,25,28). The zero-order chi connectivity index (χ0) is 21.0. The van der Waals surface area contributed by atoms with Gasteiger partial charge < -0.3 is 15.5 Å². The molecule has 3 amide bonds. The van der Waals surface area contributed by atoms with Gasteiger partial charge in [-0.3, -0.25) is 14.4 Å². The average Bonchev–Trinajstić information content (AvgIpc) is 3.14. The smallest absolute Gasteiger partial charge is 0.255 e. The van der Waals surface area contributed by atoms with E-state index in [2.05, 4.69) is 10.6 Å². The van der Waals surface area contributed by atoms with E-state index in [0.717, 1.165) is 17.7 Å². The lowest BCUT2D eigenvalue weighted by molar-refractivity contribution is -0.118. The van der Waals surface area contributed by atoms with Crippen LogP contribution in [0.15, 0.2) is 36.4 Å². The number of hydrogen-bond donors (Lipinski definition) is 2. The number of halogens is 1. The Balaban J connectivity index is 1.82. The molecule has 0 saturated heterocycles. The van der Waals surface area contributed by atoms with Crippen molar-refractivity contribution in [3.05, 3.63) is 58.1 Å². The summed E-state index contributed by atoms with van der Waals surface area (Å²) in [5, 5.41) is 6.03. The Morgan fingerprint density at radius 2 is 1.86 bits per heavy atom. The Bertz CT molecular complexity index is 958. The Morgan fingerprint density at radius 1 is 1.07 bits per heavy atom. The first kappa shape index (κ1) is 20.9. The Labute approximate surface area is 175 Å². The van der Waals surface area contributed by atoms with Gasteiger partial charge in [-0.2, -0.15) is 0 Å². The number of nitrogens with zero attached hydrogens (tertiary/aromatic N) is 1. The summed E-state index contributed by atoms with van der Waals surface area (Å²) in [5.41, 5.74) is 3.01. The van der Waals surface area contributed by atoms with Gasteiger partial charge in [0.1, 0.15) is 0 Å². The second-order valence-corrected chi connectivity index (χ2v) is 7.33. The van der Waals surface area contributed by atoms with Gasteiger partial charge in [0.05, 0.1) is 11.3 Å². The maximum atomic E-state index is 12.8. The highest BCUT2D eigenvalue weighted by Crippen LogP contribution is 2.30. The first-order valence-electron chi connectivity index (χ1n) is 9.77. The predicted molar refractivity (Wildman–Crippen MR) is 115 cm³/mol.